The highest BCUT2D eigenvalue weighted by atomic mass is 79.9. The minimum Gasteiger partial charge on any atom is -0.507 e. The lowest BCUT2D eigenvalue weighted by Gasteiger charge is -2.12. The van der Waals surface area contributed by atoms with Crippen LogP contribution >= 0.6 is 15.9 Å². The normalized spacial score (nSPS) is 11.9. The zero-order valence-corrected chi connectivity index (χ0v) is 10.8. The van der Waals surface area contributed by atoms with Crippen molar-refractivity contribution in [3.8, 4) is 5.75 Å². The summed E-state index contributed by atoms with van der Waals surface area (Å²) >= 11 is 3.18. The molecule has 0 fully saturated rings. The predicted molar refractivity (Wildman–Crippen MR) is 66.5 cm³/mol. The highest BCUT2D eigenvalue weighted by Gasteiger charge is 2.14. The topological polar surface area (TPSA) is 92.4 Å². The second-order valence-corrected chi connectivity index (χ2v) is 4.62. The Morgan fingerprint density at radius 2 is 2.18 bits per heavy atom. The number of hydrogen-bond donors (Lipinski definition) is 3. The average molecular weight is 301 g/mol. The van der Waals surface area contributed by atoms with Gasteiger partial charge in [0.15, 0.2) is 0 Å². The van der Waals surface area contributed by atoms with Crippen molar-refractivity contribution in [2.45, 2.75) is 19.4 Å². The van der Waals surface area contributed by atoms with E-state index >= 15 is 0 Å². The molecule has 0 radical (unpaired) electrons. The Morgan fingerprint density at radius 3 is 2.71 bits per heavy atom. The van der Waals surface area contributed by atoms with E-state index in [9.17, 15) is 14.7 Å². The Labute approximate surface area is 107 Å². The molecule has 0 bridgehead atoms. The van der Waals surface area contributed by atoms with Gasteiger partial charge in [-0.15, -0.1) is 0 Å². The lowest BCUT2D eigenvalue weighted by atomic mass is 10.1. The van der Waals surface area contributed by atoms with Crippen molar-refractivity contribution in [3.05, 3.63) is 28.2 Å². The lowest BCUT2D eigenvalue weighted by Crippen LogP contribution is -2.35. The summed E-state index contributed by atoms with van der Waals surface area (Å²) in [4.78, 5) is 22.4. The summed E-state index contributed by atoms with van der Waals surface area (Å²) in [6.07, 6.45) is 0.0586. The summed E-state index contributed by atoms with van der Waals surface area (Å²) in [5.41, 5.74) is 5.17. The van der Waals surface area contributed by atoms with Gasteiger partial charge in [-0.1, -0.05) is 15.9 Å². The van der Waals surface area contributed by atoms with E-state index in [1.165, 1.54) is 12.1 Å². The fourth-order valence-corrected chi connectivity index (χ4v) is 1.70. The van der Waals surface area contributed by atoms with Crippen LogP contribution < -0.4 is 11.1 Å². The number of carbonyl (C=O) groups is 2. The van der Waals surface area contributed by atoms with Crippen molar-refractivity contribution in [2.75, 3.05) is 0 Å². The second-order valence-electron chi connectivity index (χ2n) is 3.71. The molecule has 0 heterocycles. The zero-order valence-electron chi connectivity index (χ0n) is 9.24. The van der Waals surface area contributed by atoms with Gasteiger partial charge in [0, 0.05) is 16.9 Å². The Kier molecular flexibility index (Phi) is 4.51. The smallest absolute Gasteiger partial charge is 0.255 e. The monoisotopic (exact) mass is 300 g/mol. The number of phenolic OH excluding ortho intramolecular Hbond substituents is 1. The van der Waals surface area contributed by atoms with Crippen LogP contribution in [0.1, 0.15) is 23.7 Å². The van der Waals surface area contributed by atoms with Gasteiger partial charge in [-0.3, -0.25) is 9.59 Å². The van der Waals surface area contributed by atoms with Crippen LogP contribution in [0.15, 0.2) is 22.7 Å². The molecule has 1 unspecified atom stereocenters. The van der Waals surface area contributed by atoms with E-state index in [4.69, 9.17) is 5.73 Å². The van der Waals surface area contributed by atoms with Gasteiger partial charge >= 0.3 is 0 Å². The highest BCUT2D eigenvalue weighted by molar-refractivity contribution is 9.10. The third kappa shape index (κ3) is 4.07. The second kappa shape index (κ2) is 5.67. The van der Waals surface area contributed by atoms with E-state index in [2.05, 4.69) is 21.2 Å². The zero-order chi connectivity index (χ0) is 13.0. The van der Waals surface area contributed by atoms with Crippen molar-refractivity contribution in [3.63, 3.8) is 0 Å². The molecule has 5 nitrogen and oxygen atoms in total. The fraction of sp³-hybridized carbons (Fsp3) is 0.273. The number of aromatic hydroxyl groups is 1. The largest absolute Gasteiger partial charge is 0.507 e. The van der Waals surface area contributed by atoms with Crippen LogP contribution in [0.4, 0.5) is 0 Å². The summed E-state index contributed by atoms with van der Waals surface area (Å²) in [6, 6.07) is 4.19. The summed E-state index contributed by atoms with van der Waals surface area (Å²) in [7, 11) is 0. The molecule has 92 valence electrons. The maximum absolute atomic E-state index is 11.7. The maximum Gasteiger partial charge on any atom is 0.255 e. The van der Waals surface area contributed by atoms with E-state index in [1.807, 2.05) is 0 Å². The first-order valence-corrected chi connectivity index (χ1v) is 5.77. The summed E-state index contributed by atoms with van der Waals surface area (Å²) in [5, 5.41) is 12.1. The van der Waals surface area contributed by atoms with Gasteiger partial charge in [0.2, 0.25) is 5.91 Å². The van der Waals surface area contributed by atoms with E-state index in [1.54, 1.807) is 13.0 Å². The average Bonchev–Trinajstić information content (AvgIpc) is 2.15. The Balaban J connectivity index is 2.73. The van der Waals surface area contributed by atoms with E-state index in [-0.39, 0.29) is 23.8 Å². The van der Waals surface area contributed by atoms with Gasteiger partial charge in [-0.2, -0.15) is 0 Å². The molecule has 6 heteroatoms. The first kappa shape index (κ1) is 13.5. The third-order valence-corrected chi connectivity index (χ3v) is 2.58. The highest BCUT2D eigenvalue weighted by Crippen LogP contribution is 2.22. The molecule has 0 aliphatic heterocycles. The van der Waals surface area contributed by atoms with Crippen molar-refractivity contribution in [1.82, 2.24) is 5.32 Å². The van der Waals surface area contributed by atoms with Gasteiger partial charge in [0.1, 0.15) is 5.75 Å². The van der Waals surface area contributed by atoms with Gasteiger partial charge in [-0.05, 0) is 25.1 Å². The number of nitrogens with one attached hydrogen (secondary N) is 1. The number of hydrogen-bond acceptors (Lipinski definition) is 3. The third-order valence-electron chi connectivity index (χ3n) is 2.09. The van der Waals surface area contributed by atoms with E-state index in [0.29, 0.717) is 4.47 Å². The number of carbonyl (C=O) groups excluding carboxylic acids is 2. The molecular weight excluding hydrogens is 288 g/mol. The van der Waals surface area contributed by atoms with Crippen LogP contribution in [-0.2, 0) is 4.79 Å². The van der Waals surface area contributed by atoms with Crippen LogP contribution in [-0.4, -0.2) is 23.0 Å². The maximum atomic E-state index is 11.7. The Hall–Kier alpha value is -1.56. The molecule has 4 N–H and O–H groups in total. The van der Waals surface area contributed by atoms with Crippen LogP contribution in [0.25, 0.3) is 0 Å². The van der Waals surface area contributed by atoms with E-state index < -0.39 is 11.8 Å². The molecular formula is C11H13BrN2O3. The summed E-state index contributed by atoms with van der Waals surface area (Å²) in [5.74, 6) is -1.05. The molecule has 1 aromatic carbocycles. The van der Waals surface area contributed by atoms with Crippen molar-refractivity contribution >= 4 is 27.7 Å². The molecule has 17 heavy (non-hydrogen) atoms. The van der Waals surface area contributed by atoms with Crippen molar-refractivity contribution < 1.29 is 14.7 Å². The summed E-state index contributed by atoms with van der Waals surface area (Å²) < 4.78 is 0.678. The summed E-state index contributed by atoms with van der Waals surface area (Å²) in [6.45, 7) is 1.67. The van der Waals surface area contributed by atoms with Crippen molar-refractivity contribution in [2.24, 2.45) is 5.73 Å². The minimum atomic E-state index is -0.488. The lowest BCUT2D eigenvalue weighted by molar-refractivity contribution is -0.118. The van der Waals surface area contributed by atoms with Gasteiger partial charge in [-0.25, -0.2) is 0 Å². The minimum absolute atomic E-state index is 0.0586. The molecule has 0 saturated heterocycles. The molecule has 0 saturated carbocycles. The molecule has 0 spiro atoms. The quantitative estimate of drug-likeness (QED) is 0.779. The van der Waals surface area contributed by atoms with Crippen molar-refractivity contribution in [1.29, 1.82) is 0 Å². The first-order valence-electron chi connectivity index (χ1n) is 4.98. The van der Waals surface area contributed by atoms with Gasteiger partial charge in [0.05, 0.1) is 5.56 Å². The van der Waals surface area contributed by atoms with Crippen LogP contribution in [0, 0.1) is 0 Å². The Bertz CT molecular complexity index is 448. The molecule has 0 aliphatic carbocycles. The molecule has 2 amide bonds. The van der Waals surface area contributed by atoms with Crippen LogP contribution in [0.5, 0.6) is 5.75 Å². The molecule has 1 atom stereocenters. The molecule has 1 rings (SSSR count). The standard InChI is InChI=1S/C11H13BrN2O3/c1-6(4-10(13)16)14-11(17)8-3-2-7(12)5-9(8)15/h2-3,5-6,15H,4H2,1H3,(H2,13,16)(H,14,17). The van der Waals surface area contributed by atoms with Crippen LogP contribution in [0.3, 0.4) is 0 Å². The number of nitrogens with two attached hydrogens (primary N) is 1. The number of phenols is 1. The number of benzene rings is 1. The fourth-order valence-electron chi connectivity index (χ4n) is 1.35. The van der Waals surface area contributed by atoms with Gasteiger partial charge in [0.25, 0.3) is 5.91 Å². The van der Waals surface area contributed by atoms with Crippen LogP contribution in [0.2, 0.25) is 0 Å². The number of rotatable bonds is 4. The van der Waals surface area contributed by atoms with E-state index in [0.717, 1.165) is 0 Å². The number of halogens is 1. The molecule has 0 aromatic heterocycles. The van der Waals surface area contributed by atoms with Gasteiger partial charge < -0.3 is 16.2 Å². The molecule has 1 aromatic rings. The number of primary amides is 1. The Morgan fingerprint density at radius 1 is 1.53 bits per heavy atom. The number of amides is 2. The SMILES string of the molecule is CC(CC(N)=O)NC(=O)c1ccc(Br)cc1O. The molecule has 0 aliphatic rings. The predicted octanol–water partition coefficient (Wildman–Crippen LogP) is 1.15. The first-order chi connectivity index (χ1) is 7.90.